The summed E-state index contributed by atoms with van der Waals surface area (Å²) in [5.41, 5.74) is 6.49. The molecular weight excluding hydrogens is 562 g/mol. The SMILES string of the molecule is Cc1ccccc1CN(Cc1ccccc1)[C@@H](Cc1ccccc1)CN(Cc1ccccc1)CC1CCN(C(=O)C(C)(C)C)CC1. The lowest BCUT2D eigenvalue weighted by Gasteiger charge is -2.40. The molecule has 0 radical (unpaired) electrons. The lowest BCUT2D eigenvalue weighted by Crippen LogP contribution is -2.48. The molecule has 0 aromatic heterocycles. The van der Waals surface area contributed by atoms with Crippen molar-refractivity contribution < 1.29 is 4.79 Å². The van der Waals surface area contributed by atoms with Gasteiger partial charge >= 0.3 is 0 Å². The molecule has 1 atom stereocenters. The van der Waals surface area contributed by atoms with Crippen molar-refractivity contribution in [2.24, 2.45) is 11.3 Å². The van der Waals surface area contributed by atoms with E-state index in [1.165, 1.54) is 27.8 Å². The third kappa shape index (κ3) is 9.88. The van der Waals surface area contributed by atoms with Crippen molar-refractivity contribution in [3.8, 4) is 0 Å². The highest BCUT2D eigenvalue weighted by Gasteiger charge is 2.32. The predicted octanol–water partition coefficient (Wildman–Crippen LogP) is 8.40. The average Bonchev–Trinajstić information content (AvgIpc) is 3.06. The van der Waals surface area contributed by atoms with Crippen LogP contribution in [-0.4, -0.2) is 52.8 Å². The van der Waals surface area contributed by atoms with Crippen LogP contribution in [0.5, 0.6) is 0 Å². The van der Waals surface area contributed by atoms with Crippen LogP contribution < -0.4 is 0 Å². The van der Waals surface area contributed by atoms with Gasteiger partial charge in [0.1, 0.15) is 0 Å². The van der Waals surface area contributed by atoms with Crippen molar-refractivity contribution in [2.75, 3.05) is 26.2 Å². The Morgan fingerprint density at radius 3 is 1.80 bits per heavy atom. The smallest absolute Gasteiger partial charge is 0.227 e. The quantitative estimate of drug-likeness (QED) is 0.151. The molecule has 4 aromatic carbocycles. The second kappa shape index (κ2) is 16.2. The third-order valence-corrected chi connectivity index (χ3v) is 9.47. The number of amides is 1. The van der Waals surface area contributed by atoms with Crippen molar-refractivity contribution in [2.45, 2.75) is 72.6 Å². The first kappa shape index (κ1) is 33.6. The molecule has 0 spiro atoms. The van der Waals surface area contributed by atoms with E-state index in [1.54, 1.807) is 0 Å². The topological polar surface area (TPSA) is 26.8 Å². The molecule has 46 heavy (non-hydrogen) atoms. The highest BCUT2D eigenvalue weighted by molar-refractivity contribution is 5.81. The van der Waals surface area contributed by atoms with E-state index in [1.807, 2.05) is 20.8 Å². The van der Waals surface area contributed by atoms with Gasteiger partial charge < -0.3 is 4.90 Å². The number of hydrogen-bond donors (Lipinski definition) is 0. The van der Waals surface area contributed by atoms with E-state index in [2.05, 4.69) is 137 Å². The van der Waals surface area contributed by atoms with Gasteiger partial charge in [0.15, 0.2) is 0 Å². The zero-order chi connectivity index (χ0) is 32.4. The number of rotatable bonds is 13. The molecule has 0 unspecified atom stereocenters. The average molecular weight is 616 g/mol. The van der Waals surface area contributed by atoms with Gasteiger partial charge in [-0.2, -0.15) is 0 Å². The van der Waals surface area contributed by atoms with Crippen molar-refractivity contribution in [3.63, 3.8) is 0 Å². The molecule has 1 fully saturated rings. The van der Waals surface area contributed by atoms with Crippen LogP contribution in [0.3, 0.4) is 0 Å². The van der Waals surface area contributed by atoms with E-state index in [0.29, 0.717) is 12.0 Å². The molecule has 242 valence electrons. The van der Waals surface area contributed by atoms with Crippen LogP contribution in [0.4, 0.5) is 0 Å². The summed E-state index contributed by atoms with van der Waals surface area (Å²) in [5, 5.41) is 0. The van der Waals surface area contributed by atoms with E-state index in [0.717, 1.165) is 65.1 Å². The van der Waals surface area contributed by atoms with Gasteiger partial charge in [-0.25, -0.2) is 0 Å². The van der Waals surface area contributed by atoms with Crippen LogP contribution in [-0.2, 0) is 30.8 Å². The molecule has 1 amide bonds. The largest absolute Gasteiger partial charge is 0.342 e. The maximum absolute atomic E-state index is 13.0. The number of aryl methyl sites for hydroxylation is 1. The number of piperidine rings is 1. The number of likely N-dealkylation sites (tertiary alicyclic amines) is 1. The Balaban J connectivity index is 1.42. The van der Waals surface area contributed by atoms with Crippen molar-refractivity contribution in [1.82, 2.24) is 14.7 Å². The zero-order valence-electron chi connectivity index (χ0n) is 28.4. The molecule has 4 aromatic rings. The summed E-state index contributed by atoms with van der Waals surface area (Å²) in [4.78, 5) is 20.5. The Hall–Kier alpha value is -3.73. The molecule has 1 aliphatic heterocycles. The van der Waals surface area contributed by atoms with Crippen LogP contribution in [0.2, 0.25) is 0 Å². The number of hydrogen-bond acceptors (Lipinski definition) is 3. The molecule has 0 saturated carbocycles. The summed E-state index contributed by atoms with van der Waals surface area (Å²) >= 11 is 0. The molecule has 0 aliphatic carbocycles. The lowest BCUT2D eigenvalue weighted by molar-refractivity contribution is -0.141. The van der Waals surface area contributed by atoms with Crippen LogP contribution in [0.25, 0.3) is 0 Å². The Bertz CT molecular complexity index is 1470. The normalized spacial score (nSPS) is 15.0. The lowest BCUT2D eigenvalue weighted by atomic mass is 9.90. The first-order chi connectivity index (χ1) is 22.2. The van der Waals surface area contributed by atoms with Gasteiger partial charge in [-0.3, -0.25) is 14.6 Å². The van der Waals surface area contributed by atoms with Gasteiger partial charge in [0, 0.05) is 57.3 Å². The zero-order valence-corrected chi connectivity index (χ0v) is 28.4. The first-order valence-electron chi connectivity index (χ1n) is 17.2. The van der Waals surface area contributed by atoms with Gasteiger partial charge in [0.05, 0.1) is 0 Å². The highest BCUT2D eigenvalue weighted by Crippen LogP contribution is 2.26. The van der Waals surface area contributed by atoms with Gasteiger partial charge in [0.25, 0.3) is 0 Å². The fourth-order valence-electron chi connectivity index (χ4n) is 6.84. The molecule has 0 bridgehead atoms. The fraction of sp³-hybridized carbons (Fsp3) is 0.405. The maximum atomic E-state index is 13.0. The van der Waals surface area contributed by atoms with Crippen LogP contribution in [0, 0.1) is 18.3 Å². The molecule has 0 N–H and O–H groups in total. The molecule has 5 rings (SSSR count). The monoisotopic (exact) mass is 615 g/mol. The minimum atomic E-state index is -0.323. The Morgan fingerprint density at radius 2 is 1.24 bits per heavy atom. The van der Waals surface area contributed by atoms with Crippen molar-refractivity contribution >= 4 is 5.91 Å². The van der Waals surface area contributed by atoms with E-state index < -0.39 is 0 Å². The van der Waals surface area contributed by atoms with Gasteiger partial charge in [-0.1, -0.05) is 136 Å². The number of carbonyl (C=O) groups is 1. The van der Waals surface area contributed by atoms with Crippen molar-refractivity contribution in [3.05, 3.63) is 143 Å². The standard InChI is InChI=1S/C42H53N3O/c1-34-16-14-15-23-39(34)32-45(31-37-21-12-7-13-22-37)40(28-35-17-8-5-9-18-35)33-43(29-36-19-10-6-11-20-36)30-38-24-26-44(27-25-38)41(46)42(2,3)4/h5-23,38,40H,24-33H2,1-4H3/t40-/m0/s1. The summed E-state index contributed by atoms with van der Waals surface area (Å²) in [6.45, 7) is 14.8. The van der Waals surface area contributed by atoms with E-state index in [9.17, 15) is 4.79 Å². The molecule has 1 aliphatic rings. The molecule has 4 nitrogen and oxygen atoms in total. The van der Waals surface area contributed by atoms with E-state index >= 15 is 0 Å². The molecule has 1 saturated heterocycles. The Labute approximate surface area is 278 Å². The predicted molar refractivity (Wildman–Crippen MR) is 191 cm³/mol. The number of benzene rings is 4. The molecule has 1 heterocycles. The van der Waals surface area contributed by atoms with Crippen LogP contribution in [0.15, 0.2) is 115 Å². The van der Waals surface area contributed by atoms with Gasteiger partial charge in [-0.05, 0) is 59.9 Å². The Morgan fingerprint density at radius 1 is 0.717 bits per heavy atom. The summed E-state index contributed by atoms with van der Waals surface area (Å²) in [6, 6.07) is 42.1. The van der Waals surface area contributed by atoms with Crippen LogP contribution >= 0.6 is 0 Å². The fourth-order valence-corrected chi connectivity index (χ4v) is 6.84. The summed E-state index contributed by atoms with van der Waals surface area (Å²) < 4.78 is 0. The first-order valence-corrected chi connectivity index (χ1v) is 17.2. The molecular formula is C42H53N3O. The van der Waals surface area contributed by atoms with E-state index in [4.69, 9.17) is 0 Å². The third-order valence-electron chi connectivity index (χ3n) is 9.47. The summed E-state index contributed by atoms with van der Waals surface area (Å²) in [6.07, 6.45) is 3.12. The Kier molecular flexibility index (Phi) is 11.8. The van der Waals surface area contributed by atoms with Crippen LogP contribution in [0.1, 0.15) is 61.4 Å². The second-order valence-electron chi connectivity index (χ2n) is 14.3. The summed E-state index contributed by atoms with van der Waals surface area (Å²) in [5.74, 6) is 0.854. The van der Waals surface area contributed by atoms with E-state index in [-0.39, 0.29) is 11.3 Å². The van der Waals surface area contributed by atoms with Gasteiger partial charge in [0.2, 0.25) is 5.91 Å². The second-order valence-corrected chi connectivity index (χ2v) is 14.3. The maximum Gasteiger partial charge on any atom is 0.227 e. The number of carbonyl (C=O) groups excluding carboxylic acids is 1. The molecule has 4 heteroatoms. The van der Waals surface area contributed by atoms with Gasteiger partial charge in [-0.15, -0.1) is 0 Å². The highest BCUT2D eigenvalue weighted by atomic mass is 16.2. The van der Waals surface area contributed by atoms with Crippen molar-refractivity contribution in [1.29, 1.82) is 0 Å². The minimum absolute atomic E-state index is 0.280. The number of nitrogens with zero attached hydrogens (tertiary/aromatic N) is 3. The minimum Gasteiger partial charge on any atom is -0.342 e. The summed E-state index contributed by atoms with van der Waals surface area (Å²) in [7, 11) is 0.